The van der Waals surface area contributed by atoms with Crippen LogP contribution in [0.3, 0.4) is 0 Å². The van der Waals surface area contributed by atoms with Gasteiger partial charge in [0.05, 0.1) is 6.10 Å². The zero-order chi connectivity index (χ0) is 13.4. The predicted molar refractivity (Wildman–Crippen MR) is 73.8 cm³/mol. The number of rotatable bonds is 8. The second-order valence-corrected chi connectivity index (χ2v) is 4.79. The summed E-state index contributed by atoms with van der Waals surface area (Å²) < 4.78 is 5.58. The molecule has 0 spiro atoms. The Balaban J connectivity index is 2.24. The first kappa shape index (κ1) is 14.7. The van der Waals surface area contributed by atoms with E-state index in [1.54, 1.807) is 6.92 Å². The second-order valence-electron chi connectivity index (χ2n) is 4.79. The van der Waals surface area contributed by atoms with E-state index < -0.39 is 0 Å². The van der Waals surface area contributed by atoms with Gasteiger partial charge in [0, 0.05) is 13.0 Å². The molecule has 0 atom stereocenters. The van der Waals surface area contributed by atoms with Gasteiger partial charge in [-0.15, -0.1) is 0 Å². The van der Waals surface area contributed by atoms with Crippen LogP contribution in [0.4, 0.5) is 0 Å². The number of carbonyl (C=O) groups is 1. The third-order valence-corrected chi connectivity index (χ3v) is 2.51. The lowest BCUT2D eigenvalue weighted by molar-refractivity contribution is -0.117. The van der Waals surface area contributed by atoms with Crippen LogP contribution in [0.2, 0.25) is 0 Å². The SMILES string of the molecule is CC(=O)CCCNCc1ccc(OC(C)C)cc1. The van der Waals surface area contributed by atoms with Gasteiger partial charge in [0.25, 0.3) is 0 Å². The lowest BCUT2D eigenvalue weighted by Gasteiger charge is -2.10. The molecule has 1 N–H and O–H groups in total. The molecule has 1 aromatic rings. The van der Waals surface area contributed by atoms with Crippen LogP contribution in [-0.4, -0.2) is 18.4 Å². The highest BCUT2D eigenvalue weighted by Gasteiger charge is 1.98. The normalized spacial score (nSPS) is 10.7. The Morgan fingerprint density at radius 3 is 2.50 bits per heavy atom. The van der Waals surface area contributed by atoms with Crippen molar-refractivity contribution in [2.75, 3.05) is 6.54 Å². The van der Waals surface area contributed by atoms with E-state index in [-0.39, 0.29) is 11.9 Å². The van der Waals surface area contributed by atoms with Gasteiger partial charge in [-0.1, -0.05) is 12.1 Å². The first-order valence-electron chi connectivity index (χ1n) is 6.53. The molecule has 18 heavy (non-hydrogen) atoms. The second kappa shape index (κ2) is 7.88. The molecular weight excluding hydrogens is 226 g/mol. The van der Waals surface area contributed by atoms with Crippen LogP contribution in [-0.2, 0) is 11.3 Å². The number of benzene rings is 1. The molecule has 3 heteroatoms. The fourth-order valence-corrected chi connectivity index (χ4v) is 1.65. The van der Waals surface area contributed by atoms with Crippen molar-refractivity contribution in [2.24, 2.45) is 0 Å². The van der Waals surface area contributed by atoms with Crippen LogP contribution >= 0.6 is 0 Å². The van der Waals surface area contributed by atoms with Crippen molar-refractivity contribution < 1.29 is 9.53 Å². The van der Waals surface area contributed by atoms with Gasteiger partial charge >= 0.3 is 0 Å². The number of ketones is 1. The first-order valence-corrected chi connectivity index (χ1v) is 6.53. The molecule has 0 aromatic heterocycles. The monoisotopic (exact) mass is 249 g/mol. The van der Waals surface area contributed by atoms with Crippen molar-refractivity contribution in [1.29, 1.82) is 0 Å². The quantitative estimate of drug-likeness (QED) is 0.720. The van der Waals surface area contributed by atoms with Crippen molar-refractivity contribution in [1.82, 2.24) is 5.32 Å². The van der Waals surface area contributed by atoms with Gasteiger partial charge in [0.2, 0.25) is 0 Å². The molecule has 1 aromatic carbocycles. The fraction of sp³-hybridized carbons (Fsp3) is 0.533. The van der Waals surface area contributed by atoms with Gasteiger partial charge in [-0.25, -0.2) is 0 Å². The Morgan fingerprint density at radius 2 is 1.94 bits per heavy atom. The number of Topliss-reactive ketones (excluding diaryl/α,β-unsaturated/α-hetero) is 1. The molecule has 0 amide bonds. The lowest BCUT2D eigenvalue weighted by atomic mass is 10.2. The van der Waals surface area contributed by atoms with Gasteiger partial charge in [-0.2, -0.15) is 0 Å². The van der Waals surface area contributed by atoms with Crippen molar-refractivity contribution in [3.8, 4) is 5.75 Å². The molecule has 0 saturated heterocycles. The molecule has 0 aliphatic rings. The van der Waals surface area contributed by atoms with Gasteiger partial charge < -0.3 is 14.8 Å². The van der Waals surface area contributed by atoms with Crippen LogP contribution in [0.5, 0.6) is 5.75 Å². The zero-order valence-corrected chi connectivity index (χ0v) is 11.5. The molecular formula is C15H23NO2. The standard InChI is InChI=1S/C15H23NO2/c1-12(2)18-15-8-6-14(7-9-15)11-16-10-4-5-13(3)17/h6-9,12,16H,4-5,10-11H2,1-3H3. The van der Waals surface area contributed by atoms with Crippen molar-refractivity contribution >= 4 is 5.78 Å². The highest BCUT2D eigenvalue weighted by molar-refractivity contribution is 5.75. The molecule has 100 valence electrons. The van der Waals surface area contributed by atoms with Crippen molar-refractivity contribution in [3.05, 3.63) is 29.8 Å². The summed E-state index contributed by atoms with van der Waals surface area (Å²) in [4.78, 5) is 10.8. The molecule has 0 saturated carbocycles. The zero-order valence-electron chi connectivity index (χ0n) is 11.5. The number of carbonyl (C=O) groups excluding carboxylic acids is 1. The van der Waals surface area contributed by atoms with E-state index in [9.17, 15) is 4.79 Å². The summed E-state index contributed by atoms with van der Waals surface area (Å²) in [6.45, 7) is 7.38. The minimum absolute atomic E-state index is 0.209. The molecule has 1 rings (SSSR count). The van der Waals surface area contributed by atoms with E-state index in [0.29, 0.717) is 6.42 Å². The number of hydrogen-bond donors (Lipinski definition) is 1. The molecule has 3 nitrogen and oxygen atoms in total. The van der Waals surface area contributed by atoms with Gasteiger partial charge in [0.1, 0.15) is 11.5 Å². The summed E-state index contributed by atoms with van der Waals surface area (Å²) in [5.74, 6) is 1.16. The smallest absolute Gasteiger partial charge is 0.129 e. The van der Waals surface area contributed by atoms with Crippen molar-refractivity contribution in [2.45, 2.75) is 46.3 Å². The summed E-state index contributed by atoms with van der Waals surface area (Å²) in [6, 6.07) is 8.12. The van der Waals surface area contributed by atoms with Gasteiger partial charge in [-0.05, 0) is 51.4 Å². The van der Waals surface area contributed by atoms with E-state index in [4.69, 9.17) is 4.74 Å². The van der Waals surface area contributed by atoms with Crippen molar-refractivity contribution in [3.63, 3.8) is 0 Å². The maximum atomic E-state index is 10.8. The summed E-state index contributed by atoms with van der Waals surface area (Å²) in [7, 11) is 0. The Morgan fingerprint density at radius 1 is 1.28 bits per heavy atom. The number of nitrogens with one attached hydrogen (secondary N) is 1. The Bertz CT molecular complexity index is 357. The minimum Gasteiger partial charge on any atom is -0.491 e. The Hall–Kier alpha value is -1.35. The molecule has 0 fully saturated rings. The molecule has 0 unspecified atom stereocenters. The minimum atomic E-state index is 0.209. The van der Waals surface area contributed by atoms with E-state index in [1.165, 1.54) is 5.56 Å². The highest BCUT2D eigenvalue weighted by Crippen LogP contribution is 2.13. The third-order valence-electron chi connectivity index (χ3n) is 2.51. The van der Waals surface area contributed by atoms with Crippen LogP contribution < -0.4 is 10.1 Å². The summed E-state index contributed by atoms with van der Waals surface area (Å²) in [6.07, 6.45) is 1.78. The average Bonchev–Trinajstić information content (AvgIpc) is 2.30. The van der Waals surface area contributed by atoms with E-state index >= 15 is 0 Å². The number of hydrogen-bond acceptors (Lipinski definition) is 3. The fourth-order valence-electron chi connectivity index (χ4n) is 1.65. The predicted octanol–water partition coefficient (Wildman–Crippen LogP) is 2.93. The topological polar surface area (TPSA) is 38.3 Å². The van der Waals surface area contributed by atoms with E-state index in [1.807, 2.05) is 26.0 Å². The lowest BCUT2D eigenvalue weighted by Crippen LogP contribution is -2.15. The van der Waals surface area contributed by atoms with E-state index in [0.717, 1.165) is 25.3 Å². The van der Waals surface area contributed by atoms with Crippen LogP contribution in [0.25, 0.3) is 0 Å². The van der Waals surface area contributed by atoms with E-state index in [2.05, 4.69) is 17.4 Å². The Kier molecular flexibility index (Phi) is 6.44. The molecule has 0 heterocycles. The highest BCUT2D eigenvalue weighted by atomic mass is 16.5. The molecule has 0 aliphatic heterocycles. The van der Waals surface area contributed by atoms with Gasteiger partial charge in [0.15, 0.2) is 0 Å². The molecule has 0 radical (unpaired) electrons. The summed E-state index contributed by atoms with van der Waals surface area (Å²) >= 11 is 0. The third kappa shape index (κ3) is 6.40. The summed E-state index contributed by atoms with van der Waals surface area (Å²) in [5, 5.41) is 3.32. The maximum absolute atomic E-state index is 10.8. The molecule has 0 bridgehead atoms. The van der Waals surface area contributed by atoms with Crippen LogP contribution in [0.1, 0.15) is 39.2 Å². The van der Waals surface area contributed by atoms with Crippen LogP contribution in [0, 0.1) is 0 Å². The van der Waals surface area contributed by atoms with Crippen LogP contribution in [0.15, 0.2) is 24.3 Å². The first-order chi connectivity index (χ1) is 8.58. The maximum Gasteiger partial charge on any atom is 0.129 e. The summed E-state index contributed by atoms with van der Waals surface area (Å²) in [5.41, 5.74) is 1.23. The average molecular weight is 249 g/mol. The Labute approximate surface area is 110 Å². The number of ether oxygens (including phenoxy) is 1. The largest absolute Gasteiger partial charge is 0.491 e. The van der Waals surface area contributed by atoms with Gasteiger partial charge in [-0.3, -0.25) is 0 Å². The molecule has 0 aliphatic carbocycles.